The van der Waals surface area contributed by atoms with Crippen molar-refractivity contribution in [3.8, 4) is 29.0 Å². The van der Waals surface area contributed by atoms with E-state index in [0.29, 0.717) is 69.4 Å². The third-order valence-corrected chi connectivity index (χ3v) is 12.4. The highest BCUT2D eigenvalue weighted by molar-refractivity contribution is 6.43. The second-order valence-electron chi connectivity index (χ2n) is 14.6. The van der Waals surface area contributed by atoms with E-state index in [1.165, 1.54) is 0 Å². The predicted molar refractivity (Wildman–Crippen MR) is 198 cm³/mol. The van der Waals surface area contributed by atoms with Crippen LogP contribution in [-0.2, 0) is 11.2 Å². The Morgan fingerprint density at radius 2 is 1.92 bits per heavy atom. The number of nitriles is 2. The van der Waals surface area contributed by atoms with Crippen molar-refractivity contribution in [1.82, 2.24) is 19.8 Å². The van der Waals surface area contributed by atoms with Crippen molar-refractivity contribution in [2.75, 3.05) is 13.1 Å². The quantitative estimate of drug-likeness (QED) is 0.171. The van der Waals surface area contributed by atoms with E-state index in [1.807, 2.05) is 30.0 Å². The topological polar surface area (TPSA) is 107 Å². The maximum absolute atomic E-state index is 17.2. The Morgan fingerprint density at radius 1 is 1.10 bits per heavy atom. The first-order valence-electron chi connectivity index (χ1n) is 17.9. The number of fused-ring (bicyclic) bond motifs is 4. The number of hydrogen-bond acceptors (Lipinski definition) is 6. The maximum Gasteiger partial charge on any atom is 0.226 e. The molecule has 2 aromatic heterocycles. The van der Waals surface area contributed by atoms with E-state index >= 15 is 4.39 Å². The van der Waals surface area contributed by atoms with Crippen LogP contribution in [0.4, 0.5) is 4.39 Å². The number of aryl methyl sites for hydroxylation is 2. The number of ether oxygens (including phenoxy) is 1. The molecule has 1 N–H and O–H groups in total. The highest BCUT2D eigenvalue weighted by Gasteiger charge is 2.51. The summed E-state index contributed by atoms with van der Waals surface area (Å²) in [7, 11) is 0. The minimum Gasteiger partial charge on any atom is -0.487 e. The fourth-order valence-electron chi connectivity index (χ4n) is 8.91. The standard InChI is InChI=1S/C41H35Cl2FN6O2/c1-21-28-17-33(32-16-26(20-49(32)41(51)22-11-12-22)52-34-10-3-2-6-24(34)18-46)50(39-25-15-31(39)47-19-25)40(28)29-14-23(7-5-13-45)35(37(44)38(29)48-21)27-8-4-9-30(42)36(27)43/h2-4,6,8-10,14,17,22,25-26,31-32,39,47H,5,7,11-12,15-16,19-20H2,1H3. The number of amides is 1. The van der Waals surface area contributed by atoms with Crippen LogP contribution in [0, 0.1) is 47.2 Å². The van der Waals surface area contributed by atoms with Gasteiger partial charge in [-0.05, 0) is 74.4 Å². The zero-order valence-corrected chi connectivity index (χ0v) is 30.0. The summed E-state index contributed by atoms with van der Waals surface area (Å²) in [4.78, 5) is 20.9. The van der Waals surface area contributed by atoms with Crippen molar-refractivity contribution in [1.29, 1.82) is 10.5 Å². The van der Waals surface area contributed by atoms with E-state index in [2.05, 4.69) is 28.1 Å². The summed E-state index contributed by atoms with van der Waals surface area (Å²) in [6, 6.07) is 21.0. The van der Waals surface area contributed by atoms with Gasteiger partial charge in [0.25, 0.3) is 0 Å². The van der Waals surface area contributed by atoms with Crippen LogP contribution < -0.4 is 10.1 Å². The van der Waals surface area contributed by atoms with Gasteiger partial charge >= 0.3 is 0 Å². The lowest BCUT2D eigenvalue weighted by Crippen LogP contribution is -2.41. The molecule has 5 aromatic rings. The molecule has 11 heteroatoms. The maximum atomic E-state index is 17.2. The summed E-state index contributed by atoms with van der Waals surface area (Å²) in [6.45, 7) is 3.21. The van der Waals surface area contributed by atoms with Gasteiger partial charge in [0.2, 0.25) is 5.91 Å². The Morgan fingerprint density at radius 3 is 2.65 bits per heavy atom. The lowest BCUT2D eigenvalue weighted by Gasteiger charge is -2.39. The van der Waals surface area contributed by atoms with E-state index in [1.54, 1.807) is 30.3 Å². The Kier molecular flexibility index (Phi) is 8.15. The van der Waals surface area contributed by atoms with Gasteiger partial charge in [-0.15, -0.1) is 0 Å². The Labute approximate surface area is 310 Å². The van der Waals surface area contributed by atoms with Gasteiger partial charge in [0.15, 0.2) is 5.82 Å². The van der Waals surface area contributed by atoms with Crippen molar-refractivity contribution in [2.45, 2.75) is 69.7 Å². The van der Waals surface area contributed by atoms with Crippen LogP contribution in [0.5, 0.6) is 5.75 Å². The number of halogens is 3. The molecular formula is C41H35Cl2FN6O2. The minimum atomic E-state index is -0.500. The molecule has 3 aliphatic heterocycles. The number of carbonyl (C=O) groups is 1. The summed E-state index contributed by atoms with van der Waals surface area (Å²) in [5, 5.41) is 25.2. The number of nitrogens with zero attached hydrogens (tertiary/aromatic N) is 5. The molecule has 3 aromatic carbocycles. The first-order chi connectivity index (χ1) is 25.3. The largest absolute Gasteiger partial charge is 0.487 e. The number of para-hydroxylation sites is 1. The SMILES string of the molecule is Cc1nc2c(F)c(-c3cccc(Cl)c3Cl)c(CCC#N)cc2c2c1cc(C1CC(Oc3ccccc3C#N)CN1C(=O)C1CC1)n2C1C2CNC1C2. The van der Waals surface area contributed by atoms with Crippen molar-refractivity contribution < 1.29 is 13.9 Å². The summed E-state index contributed by atoms with van der Waals surface area (Å²) < 4.78 is 26.1. The molecule has 2 saturated carbocycles. The first kappa shape index (κ1) is 33.2. The molecule has 2 bridgehead atoms. The van der Waals surface area contributed by atoms with Crippen LogP contribution in [0.15, 0.2) is 54.6 Å². The summed E-state index contributed by atoms with van der Waals surface area (Å²) in [6.07, 6.45) is 3.55. The average molecular weight is 734 g/mol. The molecule has 2 aliphatic carbocycles. The van der Waals surface area contributed by atoms with Crippen LogP contribution >= 0.6 is 23.2 Å². The lowest BCUT2D eigenvalue weighted by atomic mass is 9.79. The number of likely N-dealkylation sites (tertiary alicyclic amines) is 1. The fraction of sp³-hybridized carbons (Fsp3) is 0.366. The minimum absolute atomic E-state index is 0.00443. The third kappa shape index (κ3) is 5.24. The van der Waals surface area contributed by atoms with E-state index < -0.39 is 5.82 Å². The molecule has 52 heavy (non-hydrogen) atoms. The molecule has 10 rings (SSSR count). The van der Waals surface area contributed by atoms with Gasteiger partial charge < -0.3 is 19.5 Å². The van der Waals surface area contributed by atoms with Gasteiger partial charge in [0, 0.05) is 64.6 Å². The number of hydrogen-bond donors (Lipinski definition) is 1. The normalized spacial score (nSPS) is 23.5. The van der Waals surface area contributed by atoms with Gasteiger partial charge in [-0.3, -0.25) is 4.79 Å². The average Bonchev–Trinajstić information content (AvgIpc) is 3.43. The number of aromatic nitrogens is 2. The molecule has 8 nitrogen and oxygen atoms in total. The molecule has 3 saturated heterocycles. The van der Waals surface area contributed by atoms with E-state index in [0.717, 1.165) is 42.4 Å². The van der Waals surface area contributed by atoms with E-state index in [9.17, 15) is 15.3 Å². The zero-order chi connectivity index (χ0) is 35.8. The molecule has 5 unspecified atom stereocenters. The molecule has 1 amide bonds. The van der Waals surface area contributed by atoms with Gasteiger partial charge in [-0.1, -0.05) is 47.5 Å². The van der Waals surface area contributed by atoms with Gasteiger partial charge in [-0.25, -0.2) is 9.37 Å². The third-order valence-electron chi connectivity index (χ3n) is 11.5. The second kappa shape index (κ2) is 12.8. The van der Waals surface area contributed by atoms with Crippen LogP contribution in [0.1, 0.15) is 66.7 Å². The number of pyridine rings is 1. The highest BCUT2D eigenvalue weighted by Crippen LogP contribution is 2.51. The smallest absolute Gasteiger partial charge is 0.226 e. The Balaban J connectivity index is 1.26. The molecule has 262 valence electrons. The van der Waals surface area contributed by atoms with E-state index in [4.69, 9.17) is 32.9 Å². The summed E-state index contributed by atoms with van der Waals surface area (Å²) in [5.74, 6) is 0.533. The van der Waals surface area contributed by atoms with Crippen molar-refractivity contribution in [2.24, 2.45) is 11.8 Å². The van der Waals surface area contributed by atoms with E-state index in [-0.39, 0.29) is 53.0 Å². The first-order valence-corrected chi connectivity index (χ1v) is 18.7. The predicted octanol–water partition coefficient (Wildman–Crippen LogP) is 8.60. The molecule has 0 radical (unpaired) electrons. The monoisotopic (exact) mass is 732 g/mol. The number of carbonyl (C=O) groups excluding carboxylic acids is 1. The Bertz CT molecular complexity index is 2380. The molecule has 5 aliphatic rings. The zero-order valence-electron chi connectivity index (χ0n) is 28.5. The van der Waals surface area contributed by atoms with Crippen LogP contribution in [-0.4, -0.2) is 45.6 Å². The molecular weight excluding hydrogens is 698 g/mol. The van der Waals surface area contributed by atoms with Gasteiger partial charge in [-0.2, -0.15) is 10.5 Å². The fourth-order valence-corrected chi connectivity index (χ4v) is 9.31. The van der Waals surface area contributed by atoms with Crippen molar-refractivity contribution >= 4 is 50.9 Å². The number of benzene rings is 3. The van der Waals surface area contributed by atoms with Crippen LogP contribution in [0.2, 0.25) is 10.0 Å². The van der Waals surface area contributed by atoms with Crippen LogP contribution in [0.3, 0.4) is 0 Å². The van der Waals surface area contributed by atoms with Crippen molar-refractivity contribution in [3.05, 3.63) is 93.0 Å². The lowest BCUT2D eigenvalue weighted by molar-refractivity contribution is -0.133. The molecule has 5 heterocycles. The van der Waals surface area contributed by atoms with Gasteiger partial charge in [0.1, 0.15) is 23.4 Å². The molecule has 5 fully saturated rings. The summed E-state index contributed by atoms with van der Waals surface area (Å²) in [5.41, 5.74) is 4.67. The summed E-state index contributed by atoms with van der Waals surface area (Å²) >= 11 is 13.1. The highest BCUT2D eigenvalue weighted by atomic mass is 35.5. The van der Waals surface area contributed by atoms with Crippen LogP contribution in [0.25, 0.3) is 32.9 Å². The molecule has 5 atom stereocenters. The molecule has 0 spiro atoms. The van der Waals surface area contributed by atoms with Gasteiger partial charge in [0.05, 0.1) is 45.8 Å². The second-order valence-corrected chi connectivity index (χ2v) is 15.4. The number of nitrogens with one attached hydrogen (secondary N) is 1. The Hall–Kier alpha value is -4.67. The number of rotatable bonds is 8. The van der Waals surface area contributed by atoms with Crippen molar-refractivity contribution in [3.63, 3.8) is 0 Å².